The second-order valence-electron chi connectivity index (χ2n) is 5.96. The maximum atomic E-state index is 3.57. The molecule has 108 valence electrons. The Balaban J connectivity index is 2.52. The van der Waals surface area contributed by atoms with Gasteiger partial charge in [-0.2, -0.15) is 0 Å². The molecular formula is C18H31N. The molecule has 0 aliphatic heterocycles. The fraction of sp³-hybridized carbons (Fsp3) is 0.667. The molecule has 0 radical (unpaired) electrons. The number of hydrogen-bond donors (Lipinski definition) is 1. The van der Waals surface area contributed by atoms with E-state index in [4.69, 9.17) is 0 Å². The van der Waals surface area contributed by atoms with Gasteiger partial charge in [-0.15, -0.1) is 0 Å². The summed E-state index contributed by atoms with van der Waals surface area (Å²) in [4.78, 5) is 0. The number of nitrogens with one attached hydrogen (secondary N) is 1. The predicted molar refractivity (Wildman–Crippen MR) is 85.8 cm³/mol. The monoisotopic (exact) mass is 261 g/mol. The summed E-state index contributed by atoms with van der Waals surface area (Å²) in [5.41, 5.74) is 2.93. The zero-order valence-corrected chi connectivity index (χ0v) is 13.2. The van der Waals surface area contributed by atoms with E-state index in [1.54, 1.807) is 0 Å². The summed E-state index contributed by atoms with van der Waals surface area (Å²) in [5, 5.41) is 3.57. The van der Waals surface area contributed by atoms with Crippen LogP contribution in [0.15, 0.2) is 24.3 Å². The summed E-state index contributed by atoms with van der Waals surface area (Å²) in [7, 11) is 0. The minimum Gasteiger partial charge on any atom is -0.316 e. The zero-order chi connectivity index (χ0) is 14.1. The van der Waals surface area contributed by atoms with Gasteiger partial charge in [-0.3, -0.25) is 0 Å². The summed E-state index contributed by atoms with van der Waals surface area (Å²) in [5.74, 6) is 1.41. The van der Waals surface area contributed by atoms with Crippen molar-refractivity contribution in [3.63, 3.8) is 0 Å². The minimum atomic E-state index is 0.631. The third kappa shape index (κ3) is 6.24. The van der Waals surface area contributed by atoms with Gasteiger partial charge in [0.15, 0.2) is 0 Å². The molecular weight excluding hydrogens is 230 g/mol. The molecule has 0 saturated carbocycles. The average Bonchev–Trinajstić information content (AvgIpc) is 2.40. The Labute approximate surface area is 119 Å². The minimum absolute atomic E-state index is 0.631. The summed E-state index contributed by atoms with van der Waals surface area (Å²) in [6.07, 6.45) is 5.04. The Bertz CT molecular complexity index is 326. The van der Waals surface area contributed by atoms with Crippen LogP contribution < -0.4 is 5.32 Å². The first-order valence-corrected chi connectivity index (χ1v) is 7.96. The fourth-order valence-electron chi connectivity index (χ4n) is 2.54. The SMILES string of the molecule is CCCNCC(CCC)Cc1ccc(C(C)C)cc1. The highest BCUT2D eigenvalue weighted by Gasteiger charge is 2.09. The molecule has 0 saturated heterocycles. The van der Waals surface area contributed by atoms with E-state index < -0.39 is 0 Å². The molecule has 0 aliphatic carbocycles. The average molecular weight is 261 g/mol. The largest absolute Gasteiger partial charge is 0.316 e. The first kappa shape index (κ1) is 16.2. The van der Waals surface area contributed by atoms with E-state index in [0.717, 1.165) is 19.0 Å². The number of rotatable bonds is 9. The number of hydrogen-bond acceptors (Lipinski definition) is 1. The van der Waals surface area contributed by atoms with Gasteiger partial charge in [0, 0.05) is 0 Å². The molecule has 1 atom stereocenters. The van der Waals surface area contributed by atoms with Crippen LogP contribution in [0.2, 0.25) is 0 Å². The molecule has 0 fully saturated rings. The van der Waals surface area contributed by atoms with E-state index in [0.29, 0.717) is 5.92 Å². The van der Waals surface area contributed by atoms with Crippen LogP contribution in [0.25, 0.3) is 0 Å². The van der Waals surface area contributed by atoms with Gasteiger partial charge in [0.25, 0.3) is 0 Å². The first-order valence-electron chi connectivity index (χ1n) is 7.96. The molecule has 0 amide bonds. The van der Waals surface area contributed by atoms with Gasteiger partial charge in [0.2, 0.25) is 0 Å². The predicted octanol–water partition coefficient (Wildman–Crippen LogP) is 4.77. The van der Waals surface area contributed by atoms with Gasteiger partial charge in [-0.1, -0.05) is 58.4 Å². The lowest BCUT2D eigenvalue weighted by atomic mass is 9.93. The Morgan fingerprint density at radius 1 is 1.00 bits per heavy atom. The van der Waals surface area contributed by atoms with Crippen LogP contribution in [0.1, 0.15) is 64.0 Å². The maximum Gasteiger partial charge on any atom is -0.00173 e. The summed E-state index contributed by atoms with van der Waals surface area (Å²) < 4.78 is 0. The molecule has 0 aliphatic rings. The molecule has 0 heterocycles. The smallest absolute Gasteiger partial charge is 0.00173 e. The fourth-order valence-corrected chi connectivity index (χ4v) is 2.54. The molecule has 1 unspecified atom stereocenters. The van der Waals surface area contributed by atoms with E-state index in [1.807, 2.05) is 0 Å². The van der Waals surface area contributed by atoms with Crippen LogP contribution in [0, 0.1) is 5.92 Å². The highest BCUT2D eigenvalue weighted by Crippen LogP contribution is 2.18. The molecule has 19 heavy (non-hydrogen) atoms. The summed E-state index contributed by atoms with van der Waals surface area (Å²) >= 11 is 0. The quantitative estimate of drug-likeness (QED) is 0.631. The van der Waals surface area contributed by atoms with Gasteiger partial charge in [0.1, 0.15) is 0 Å². The van der Waals surface area contributed by atoms with E-state index in [1.165, 1.54) is 36.8 Å². The first-order chi connectivity index (χ1) is 9.17. The van der Waals surface area contributed by atoms with E-state index in [2.05, 4.69) is 57.3 Å². The molecule has 1 aromatic carbocycles. The third-order valence-corrected chi connectivity index (χ3v) is 3.73. The van der Waals surface area contributed by atoms with Crippen LogP contribution in [-0.2, 0) is 6.42 Å². The van der Waals surface area contributed by atoms with Crippen LogP contribution in [-0.4, -0.2) is 13.1 Å². The zero-order valence-electron chi connectivity index (χ0n) is 13.2. The molecule has 1 rings (SSSR count). The summed E-state index contributed by atoms with van der Waals surface area (Å²) in [6.45, 7) is 11.3. The summed E-state index contributed by atoms with van der Waals surface area (Å²) in [6, 6.07) is 9.22. The lowest BCUT2D eigenvalue weighted by molar-refractivity contribution is 0.439. The second kappa shape index (κ2) is 9.14. The molecule has 0 spiro atoms. The van der Waals surface area contributed by atoms with Crippen LogP contribution in [0.4, 0.5) is 0 Å². The second-order valence-corrected chi connectivity index (χ2v) is 5.96. The molecule has 0 bridgehead atoms. The topological polar surface area (TPSA) is 12.0 Å². The lowest BCUT2D eigenvalue weighted by Crippen LogP contribution is -2.25. The van der Waals surface area contributed by atoms with Crippen molar-refractivity contribution in [3.05, 3.63) is 35.4 Å². The van der Waals surface area contributed by atoms with Crippen LogP contribution in [0.5, 0.6) is 0 Å². The molecule has 1 aromatic rings. The molecule has 1 nitrogen and oxygen atoms in total. The van der Waals surface area contributed by atoms with Crippen LogP contribution >= 0.6 is 0 Å². The number of benzene rings is 1. The highest BCUT2D eigenvalue weighted by atomic mass is 14.8. The van der Waals surface area contributed by atoms with Crippen molar-refractivity contribution < 1.29 is 0 Å². The van der Waals surface area contributed by atoms with Gasteiger partial charge >= 0.3 is 0 Å². The Morgan fingerprint density at radius 3 is 2.21 bits per heavy atom. The van der Waals surface area contributed by atoms with Crippen molar-refractivity contribution in [1.82, 2.24) is 5.32 Å². The Morgan fingerprint density at radius 2 is 1.68 bits per heavy atom. The van der Waals surface area contributed by atoms with Gasteiger partial charge in [-0.05, 0) is 55.3 Å². The van der Waals surface area contributed by atoms with Crippen molar-refractivity contribution in [1.29, 1.82) is 0 Å². The normalized spacial score (nSPS) is 12.9. The van der Waals surface area contributed by atoms with E-state index in [-0.39, 0.29) is 0 Å². The maximum absolute atomic E-state index is 3.57. The van der Waals surface area contributed by atoms with Gasteiger partial charge in [0.05, 0.1) is 0 Å². The van der Waals surface area contributed by atoms with Crippen molar-refractivity contribution in [3.8, 4) is 0 Å². The van der Waals surface area contributed by atoms with Crippen molar-refractivity contribution >= 4 is 0 Å². The molecule has 1 N–H and O–H groups in total. The van der Waals surface area contributed by atoms with Crippen molar-refractivity contribution in [2.45, 2.75) is 59.3 Å². The lowest BCUT2D eigenvalue weighted by Gasteiger charge is -2.17. The van der Waals surface area contributed by atoms with E-state index >= 15 is 0 Å². The highest BCUT2D eigenvalue weighted by molar-refractivity contribution is 5.25. The Hall–Kier alpha value is -0.820. The van der Waals surface area contributed by atoms with Crippen molar-refractivity contribution in [2.24, 2.45) is 5.92 Å². The standard InChI is InChI=1S/C18H31N/c1-5-7-17(14-19-12-6-2)13-16-8-10-18(11-9-16)15(3)4/h8-11,15,17,19H,5-7,12-14H2,1-4H3. The van der Waals surface area contributed by atoms with Gasteiger partial charge in [-0.25, -0.2) is 0 Å². The third-order valence-electron chi connectivity index (χ3n) is 3.73. The van der Waals surface area contributed by atoms with E-state index in [9.17, 15) is 0 Å². The Kier molecular flexibility index (Phi) is 7.81. The van der Waals surface area contributed by atoms with Crippen LogP contribution in [0.3, 0.4) is 0 Å². The molecule has 0 aromatic heterocycles. The van der Waals surface area contributed by atoms with Crippen molar-refractivity contribution in [2.75, 3.05) is 13.1 Å². The van der Waals surface area contributed by atoms with Gasteiger partial charge < -0.3 is 5.32 Å². The molecule has 1 heteroatoms.